The Morgan fingerprint density at radius 3 is 2.57 bits per heavy atom. The van der Waals surface area contributed by atoms with Crippen molar-refractivity contribution in [3.63, 3.8) is 0 Å². The van der Waals surface area contributed by atoms with Crippen LogP contribution in [0.25, 0.3) is 11.4 Å². The van der Waals surface area contributed by atoms with Crippen molar-refractivity contribution in [3.05, 3.63) is 35.2 Å². The normalized spacial score (nSPS) is 11.6. The summed E-state index contributed by atoms with van der Waals surface area (Å²) in [6.07, 6.45) is 1.22. The summed E-state index contributed by atoms with van der Waals surface area (Å²) in [5, 5.41) is 13.9. The molecule has 0 saturated heterocycles. The molecule has 0 amide bonds. The first-order chi connectivity index (χ1) is 10.0. The van der Waals surface area contributed by atoms with Crippen LogP contribution in [-0.4, -0.2) is 21.2 Å². The molecule has 0 bridgehead atoms. The number of rotatable bonds is 6. The lowest BCUT2D eigenvalue weighted by molar-refractivity contribution is -0.149. The van der Waals surface area contributed by atoms with Gasteiger partial charge in [-0.2, -0.15) is 4.98 Å². The summed E-state index contributed by atoms with van der Waals surface area (Å²) in [6, 6.07) is 7.18. The van der Waals surface area contributed by atoms with Crippen LogP contribution in [0.3, 0.4) is 0 Å². The second-order valence-corrected chi connectivity index (χ2v) is 5.37. The maximum absolute atomic E-state index is 11.5. The number of aromatic nitrogens is 2. The molecule has 5 nitrogen and oxygen atoms in total. The molecule has 0 unspecified atom stereocenters. The molecule has 0 saturated carbocycles. The summed E-state index contributed by atoms with van der Waals surface area (Å²) in [5.41, 5.74) is -0.201. The first kappa shape index (κ1) is 15.5. The van der Waals surface area contributed by atoms with Gasteiger partial charge in [0.15, 0.2) is 0 Å². The standard InChI is InChI=1S/C15H17ClN2O3/c1-3-15(4-2,14(19)20)9-12-17-13(18-21-12)10-7-5-6-8-11(10)16/h5-8H,3-4,9H2,1-2H3,(H,19,20). The fourth-order valence-electron chi connectivity index (χ4n) is 2.25. The molecule has 112 valence electrons. The van der Waals surface area contributed by atoms with E-state index in [0.29, 0.717) is 35.1 Å². The van der Waals surface area contributed by atoms with Gasteiger partial charge in [0.1, 0.15) is 0 Å². The average Bonchev–Trinajstić information content (AvgIpc) is 2.93. The van der Waals surface area contributed by atoms with Crippen LogP contribution in [0.4, 0.5) is 0 Å². The maximum atomic E-state index is 11.5. The van der Waals surface area contributed by atoms with Gasteiger partial charge in [0, 0.05) is 12.0 Å². The van der Waals surface area contributed by atoms with E-state index in [4.69, 9.17) is 16.1 Å². The van der Waals surface area contributed by atoms with Crippen molar-refractivity contribution in [3.8, 4) is 11.4 Å². The van der Waals surface area contributed by atoms with Gasteiger partial charge in [0.05, 0.1) is 10.4 Å². The first-order valence-corrected chi connectivity index (χ1v) is 7.21. The van der Waals surface area contributed by atoms with E-state index >= 15 is 0 Å². The van der Waals surface area contributed by atoms with Gasteiger partial charge in [0.25, 0.3) is 0 Å². The predicted octanol–water partition coefficient (Wildman–Crippen LogP) is 3.82. The van der Waals surface area contributed by atoms with Gasteiger partial charge in [-0.1, -0.05) is 42.7 Å². The van der Waals surface area contributed by atoms with Crippen LogP contribution in [0, 0.1) is 5.41 Å². The summed E-state index contributed by atoms with van der Waals surface area (Å²) in [7, 11) is 0. The molecule has 2 rings (SSSR count). The van der Waals surface area contributed by atoms with Crippen LogP contribution in [0.5, 0.6) is 0 Å². The van der Waals surface area contributed by atoms with Crippen molar-refractivity contribution in [2.45, 2.75) is 33.1 Å². The lowest BCUT2D eigenvalue weighted by Gasteiger charge is -2.24. The molecule has 1 heterocycles. The lowest BCUT2D eigenvalue weighted by atomic mass is 9.79. The number of carboxylic acid groups (broad SMARTS) is 1. The number of carboxylic acids is 1. The van der Waals surface area contributed by atoms with E-state index in [-0.39, 0.29) is 6.42 Å². The van der Waals surface area contributed by atoms with E-state index in [0.717, 1.165) is 0 Å². The fraction of sp³-hybridized carbons (Fsp3) is 0.400. The van der Waals surface area contributed by atoms with Crippen LogP contribution in [0.15, 0.2) is 28.8 Å². The number of carbonyl (C=O) groups is 1. The summed E-state index contributed by atoms with van der Waals surface area (Å²) >= 11 is 6.09. The minimum Gasteiger partial charge on any atom is -0.481 e. The van der Waals surface area contributed by atoms with Crippen LogP contribution in [0.1, 0.15) is 32.6 Å². The van der Waals surface area contributed by atoms with Crippen LogP contribution in [0.2, 0.25) is 5.02 Å². The van der Waals surface area contributed by atoms with E-state index in [9.17, 15) is 9.90 Å². The van der Waals surface area contributed by atoms with Crippen LogP contribution < -0.4 is 0 Å². The SMILES string of the molecule is CCC(CC)(Cc1nc(-c2ccccc2Cl)no1)C(=O)O. The molecular formula is C15H17ClN2O3. The van der Waals surface area contributed by atoms with Crippen LogP contribution in [-0.2, 0) is 11.2 Å². The number of aliphatic carboxylic acids is 1. The minimum atomic E-state index is -0.871. The molecule has 0 fully saturated rings. The largest absolute Gasteiger partial charge is 0.481 e. The highest BCUT2D eigenvalue weighted by atomic mass is 35.5. The van der Waals surface area contributed by atoms with Crippen molar-refractivity contribution in [1.29, 1.82) is 0 Å². The Labute approximate surface area is 127 Å². The highest BCUT2D eigenvalue weighted by Gasteiger charge is 2.37. The Balaban J connectivity index is 2.28. The Kier molecular flexibility index (Phi) is 4.63. The molecule has 0 aliphatic rings. The van der Waals surface area contributed by atoms with E-state index in [1.165, 1.54) is 0 Å². The zero-order valence-corrected chi connectivity index (χ0v) is 12.7. The van der Waals surface area contributed by atoms with Gasteiger partial charge in [-0.3, -0.25) is 4.79 Å². The van der Waals surface area contributed by atoms with Gasteiger partial charge < -0.3 is 9.63 Å². The highest BCUT2D eigenvalue weighted by molar-refractivity contribution is 6.33. The topological polar surface area (TPSA) is 76.2 Å². The Hall–Kier alpha value is -1.88. The van der Waals surface area contributed by atoms with Gasteiger partial charge in [-0.05, 0) is 25.0 Å². The molecule has 0 aliphatic heterocycles. The molecule has 1 aromatic carbocycles. The van der Waals surface area contributed by atoms with Crippen molar-refractivity contribution in [2.75, 3.05) is 0 Å². The van der Waals surface area contributed by atoms with Crippen molar-refractivity contribution in [2.24, 2.45) is 5.41 Å². The molecule has 1 N–H and O–H groups in total. The molecule has 1 aromatic heterocycles. The summed E-state index contributed by atoms with van der Waals surface area (Å²) in [6.45, 7) is 3.70. The Bertz CT molecular complexity index is 635. The molecule has 6 heteroatoms. The number of hydrogen-bond acceptors (Lipinski definition) is 4. The Morgan fingerprint density at radius 2 is 2.00 bits per heavy atom. The molecule has 0 spiro atoms. The van der Waals surface area contributed by atoms with E-state index < -0.39 is 11.4 Å². The smallest absolute Gasteiger partial charge is 0.310 e. The van der Waals surface area contributed by atoms with Crippen LogP contribution >= 0.6 is 11.6 Å². The van der Waals surface area contributed by atoms with Crippen molar-refractivity contribution >= 4 is 17.6 Å². The maximum Gasteiger partial charge on any atom is 0.310 e. The molecular weight excluding hydrogens is 292 g/mol. The predicted molar refractivity (Wildman–Crippen MR) is 79.1 cm³/mol. The third-order valence-corrected chi connectivity index (χ3v) is 4.21. The molecule has 0 atom stereocenters. The van der Waals surface area contributed by atoms with E-state index in [2.05, 4.69) is 10.1 Å². The zero-order valence-electron chi connectivity index (χ0n) is 12.0. The molecule has 21 heavy (non-hydrogen) atoms. The average molecular weight is 309 g/mol. The third-order valence-electron chi connectivity index (χ3n) is 3.88. The number of nitrogens with zero attached hydrogens (tertiary/aromatic N) is 2. The third kappa shape index (κ3) is 3.08. The van der Waals surface area contributed by atoms with Gasteiger partial charge in [0.2, 0.25) is 11.7 Å². The van der Waals surface area contributed by atoms with E-state index in [1.807, 2.05) is 26.0 Å². The van der Waals surface area contributed by atoms with Crippen molar-refractivity contribution < 1.29 is 14.4 Å². The van der Waals surface area contributed by atoms with Gasteiger partial charge in [-0.25, -0.2) is 0 Å². The number of benzene rings is 1. The van der Waals surface area contributed by atoms with Gasteiger partial charge in [-0.15, -0.1) is 0 Å². The quantitative estimate of drug-likeness (QED) is 0.877. The molecule has 0 radical (unpaired) electrons. The summed E-state index contributed by atoms with van der Waals surface area (Å²) < 4.78 is 5.20. The zero-order chi connectivity index (χ0) is 15.5. The molecule has 0 aliphatic carbocycles. The minimum absolute atomic E-state index is 0.215. The lowest BCUT2D eigenvalue weighted by Crippen LogP contribution is -2.32. The van der Waals surface area contributed by atoms with Crippen molar-refractivity contribution in [1.82, 2.24) is 10.1 Å². The number of hydrogen-bond donors (Lipinski definition) is 1. The van der Waals surface area contributed by atoms with Gasteiger partial charge >= 0.3 is 5.97 Å². The summed E-state index contributed by atoms with van der Waals surface area (Å²) in [4.78, 5) is 15.8. The molecule has 2 aromatic rings. The second-order valence-electron chi connectivity index (χ2n) is 4.96. The van der Waals surface area contributed by atoms with E-state index in [1.54, 1.807) is 12.1 Å². The number of halogens is 1. The highest BCUT2D eigenvalue weighted by Crippen LogP contribution is 2.32. The first-order valence-electron chi connectivity index (χ1n) is 6.83. The monoisotopic (exact) mass is 308 g/mol. The second kappa shape index (κ2) is 6.26. The fourth-order valence-corrected chi connectivity index (χ4v) is 2.47. The summed E-state index contributed by atoms with van der Waals surface area (Å²) in [5.74, 6) is -0.150. The Morgan fingerprint density at radius 1 is 1.33 bits per heavy atom.